The summed E-state index contributed by atoms with van der Waals surface area (Å²) in [5.74, 6) is 0. The van der Waals surface area contributed by atoms with Gasteiger partial charge in [-0.3, -0.25) is 0 Å². The molecule has 1 aliphatic rings. The van der Waals surface area contributed by atoms with Crippen molar-refractivity contribution in [1.82, 2.24) is 0 Å². The number of hydrogen-bond acceptors (Lipinski definition) is 2. The van der Waals surface area contributed by atoms with Crippen molar-refractivity contribution in [3.8, 4) is 0 Å². The number of hydrogen-bond donors (Lipinski definition) is 0. The molecule has 1 unspecified atom stereocenters. The molecule has 1 aliphatic heterocycles. The molecular weight excluding hydrogens is 312 g/mol. The third-order valence-electron chi connectivity index (χ3n) is 5.00. The Bertz CT molecular complexity index is 357. The van der Waals surface area contributed by atoms with E-state index in [1.807, 2.05) is 0 Å². The first kappa shape index (κ1) is 18.8. The minimum absolute atomic E-state index is 0.0271. The topological polar surface area (TPSA) is 18.5 Å². The van der Waals surface area contributed by atoms with Crippen LogP contribution in [0.25, 0.3) is 0 Å². The molecule has 0 bridgehead atoms. The lowest BCUT2D eigenvalue weighted by Crippen LogP contribution is -2.82. The first-order valence-electron chi connectivity index (χ1n) is 8.08. The highest BCUT2D eigenvalue weighted by Gasteiger charge is 2.67. The van der Waals surface area contributed by atoms with Crippen LogP contribution in [0.5, 0.6) is 0 Å². The van der Waals surface area contributed by atoms with Gasteiger partial charge in [0.05, 0.1) is 5.60 Å². The molecule has 0 aromatic carbocycles. The van der Waals surface area contributed by atoms with Crippen molar-refractivity contribution < 1.29 is 8.54 Å². The fourth-order valence-electron chi connectivity index (χ4n) is 3.80. The summed E-state index contributed by atoms with van der Waals surface area (Å²) < 4.78 is 13.8. The van der Waals surface area contributed by atoms with Gasteiger partial charge in [-0.15, -0.1) is 0 Å². The summed E-state index contributed by atoms with van der Waals surface area (Å²) in [6, 6.07) is 2.50. The van der Waals surface area contributed by atoms with Gasteiger partial charge in [0, 0.05) is 7.59 Å². The maximum atomic E-state index is 6.95. The third-order valence-corrected chi connectivity index (χ3v) is 45.7. The number of rotatable bonds is 4. The van der Waals surface area contributed by atoms with Gasteiger partial charge in [-0.1, -0.05) is 39.5 Å². The molecule has 0 radical (unpaired) electrons. The van der Waals surface area contributed by atoms with E-state index in [9.17, 15) is 0 Å². The Morgan fingerprint density at radius 1 is 1.10 bits per heavy atom. The lowest BCUT2D eigenvalue weighted by molar-refractivity contribution is 0.0911. The Morgan fingerprint density at radius 3 is 2.00 bits per heavy atom. The zero-order chi connectivity index (χ0) is 16.0. The van der Waals surface area contributed by atoms with Gasteiger partial charge < -0.3 is 8.54 Å². The molecule has 0 N–H and O–H groups in total. The van der Waals surface area contributed by atoms with Crippen LogP contribution in [0.1, 0.15) is 27.2 Å². The van der Waals surface area contributed by atoms with Gasteiger partial charge in [-0.25, -0.2) is 0 Å². The first-order chi connectivity index (χ1) is 8.68. The fraction of sp³-hybridized carbons (Fsp3) is 1.00. The highest BCUT2D eigenvalue weighted by Crippen LogP contribution is 2.47. The summed E-state index contributed by atoms with van der Waals surface area (Å²) in [7, 11) is -6.33. The van der Waals surface area contributed by atoms with Gasteiger partial charge in [0.2, 0.25) is 0 Å². The zero-order valence-electron chi connectivity index (χ0n) is 15.4. The van der Waals surface area contributed by atoms with Gasteiger partial charge in [0.15, 0.2) is 8.32 Å². The van der Waals surface area contributed by atoms with Crippen molar-refractivity contribution in [2.45, 2.75) is 90.7 Å². The molecule has 1 rings (SSSR count). The summed E-state index contributed by atoms with van der Waals surface area (Å²) in [5.41, 5.74) is 0.0271. The van der Waals surface area contributed by atoms with Gasteiger partial charge in [-0.05, 0) is 45.6 Å². The average Bonchev–Trinajstić information content (AvgIpc) is 2.09. The molecule has 0 amide bonds. The van der Waals surface area contributed by atoms with Gasteiger partial charge in [-0.2, -0.15) is 0 Å². The molecule has 0 saturated carbocycles. The molecule has 6 heteroatoms. The molecule has 0 aromatic heterocycles. The lowest BCUT2D eigenvalue weighted by Gasteiger charge is -2.60. The van der Waals surface area contributed by atoms with Crippen LogP contribution in [0.3, 0.4) is 0 Å². The van der Waals surface area contributed by atoms with Crippen molar-refractivity contribution in [3.05, 3.63) is 0 Å². The molecular formula is C14H36O2Si4. The fourth-order valence-corrected chi connectivity index (χ4v) is 43.8. The van der Waals surface area contributed by atoms with Crippen LogP contribution in [-0.4, -0.2) is 36.7 Å². The Labute approximate surface area is 130 Å². The van der Waals surface area contributed by atoms with Crippen molar-refractivity contribution in [2.75, 3.05) is 0 Å². The van der Waals surface area contributed by atoms with E-state index in [4.69, 9.17) is 8.54 Å². The largest absolute Gasteiger partial charge is 0.439 e. The molecule has 0 spiro atoms. The predicted molar refractivity (Wildman–Crippen MR) is 100 cm³/mol. The van der Waals surface area contributed by atoms with E-state index in [-0.39, 0.29) is 5.60 Å². The molecule has 1 fully saturated rings. The van der Waals surface area contributed by atoms with Crippen LogP contribution in [0.4, 0.5) is 0 Å². The van der Waals surface area contributed by atoms with Crippen LogP contribution >= 0.6 is 0 Å². The Balaban J connectivity index is 3.36. The van der Waals surface area contributed by atoms with E-state index in [1.54, 1.807) is 0 Å². The maximum absolute atomic E-state index is 6.95. The molecule has 120 valence electrons. The third kappa shape index (κ3) is 3.57. The van der Waals surface area contributed by atoms with Crippen LogP contribution in [0, 0.1) is 0 Å². The average molecular weight is 349 g/mol. The molecule has 2 nitrogen and oxygen atoms in total. The summed E-state index contributed by atoms with van der Waals surface area (Å²) in [6.45, 7) is 24.3. The Morgan fingerprint density at radius 2 is 1.60 bits per heavy atom. The van der Waals surface area contributed by atoms with Crippen LogP contribution in [-0.2, 0) is 8.54 Å². The lowest BCUT2D eigenvalue weighted by atomic mass is 10.2. The second-order valence-electron chi connectivity index (χ2n) is 9.26. The predicted octanol–water partition coefficient (Wildman–Crippen LogP) is 5.07. The van der Waals surface area contributed by atoms with Crippen molar-refractivity contribution >= 4 is 31.1 Å². The smallest absolute Gasteiger partial charge is 0.303 e. The molecule has 1 heterocycles. The monoisotopic (exact) mass is 348 g/mol. The Kier molecular flexibility index (Phi) is 5.14. The summed E-state index contributed by atoms with van der Waals surface area (Å²) in [6.07, 6.45) is 1.20. The molecule has 1 atom stereocenters. The van der Waals surface area contributed by atoms with Crippen LogP contribution in [0.15, 0.2) is 0 Å². The van der Waals surface area contributed by atoms with Crippen LogP contribution < -0.4 is 0 Å². The normalized spacial score (nSPS) is 32.1. The van der Waals surface area contributed by atoms with E-state index in [0.29, 0.717) is 0 Å². The van der Waals surface area contributed by atoms with Crippen molar-refractivity contribution in [1.29, 1.82) is 0 Å². The van der Waals surface area contributed by atoms with E-state index in [1.165, 1.54) is 18.5 Å². The van der Waals surface area contributed by atoms with E-state index >= 15 is 0 Å². The quantitative estimate of drug-likeness (QED) is 0.660. The molecule has 1 saturated heterocycles. The van der Waals surface area contributed by atoms with Gasteiger partial charge in [0.1, 0.15) is 7.11 Å². The highest BCUT2D eigenvalue weighted by molar-refractivity contribution is 7.67. The second-order valence-corrected chi connectivity index (χ2v) is 39.2. The zero-order valence-corrected chi connectivity index (χ0v) is 19.4. The summed E-state index contributed by atoms with van der Waals surface area (Å²) in [5, 5.41) is 0. The summed E-state index contributed by atoms with van der Waals surface area (Å²) in [4.78, 5) is 0. The minimum Gasteiger partial charge on any atom is -0.439 e. The Hall–Kier alpha value is 0.788. The molecule has 0 aromatic rings. The molecule has 20 heavy (non-hydrogen) atoms. The van der Waals surface area contributed by atoms with Gasteiger partial charge >= 0.3 is 8.08 Å². The minimum atomic E-state index is -2.05. The second kappa shape index (κ2) is 5.45. The van der Waals surface area contributed by atoms with E-state index in [2.05, 4.69) is 66.6 Å². The van der Waals surface area contributed by atoms with Crippen LogP contribution in [0.2, 0.25) is 57.9 Å². The van der Waals surface area contributed by atoms with Gasteiger partial charge in [0.25, 0.3) is 0 Å². The highest BCUT2D eigenvalue weighted by atomic mass is 29.7. The SMILES string of the molecule is CCC[Si]1(O[Si](C)(C)C)OC(C)(C)C[Si](C)(C)[Si]1(C)C. The van der Waals surface area contributed by atoms with E-state index < -0.39 is 31.1 Å². The summed E-state index contributed by atoms with van der Waals surface area (Å²) >= 11 is 0. The van der Waals surface area contributed by atoms with E-state index in [0.717, 1.165) is 0 Å². The first-order valence-corrected chi connectivity index (χ1v) is 21.7. The standard InChI is InChI=1S/C14H36O2Si4/c1-11-12-20(16-17(4,5)6)15-14(2,3)13-18(7,8)19(20,9)10/h11-13H2,1-10H3. The van der Waals surface area contributed by atoms with Crippen molar-refractivity contribution in [2.24, 2.45) is 0 Å². The maximum Gasteiger partial charge on any atom is 0.303 e. The van der Waals surface area contributed by atoms with Crippen molar-refractivity contribution in [3.63, 3.8) is 0 Å². The molecule has 0 aliphatic carbocycles.